The normalized spacial score (nSPS) is 23.4. The Morgan fingerprint density at radius 1 is 0.556 bits per heavy atom. The number of rotatable bonds is 0. The number of hydrogen-bond donors (Lipinski definition) is 0. The quantitative estimate of drug-likeness (QED) is 0.609. The van der Waals surface area contributed by atoms with Crippen molar-refractivity contribution in [1.29, 1.82) is 0 Å². The fourth-order valence-electron chi connectivity index (χ4n) is 2.27. The molecular formula is C15H28O3. The summed E-state index contributed by atoms with van der Waals surface area (Å²) in [4.78, 5) is 21.8. The molecule has 0 amide bonds. The van der Waals surface area contributed by atoms with Gasteiger partial charge in [-0.1, -0.05) is 38.5 Å². The summed E-state index contributed by atoms with van der Waals surface area (Å²) in [6, 6.07) is 0. The van der Waals surface area contributed by atoms with E-state index in [4.69, 9.17) is 9.78 Å². The highest BCUT2D eigenvalue weighted by molar-refractivity contribution is 5.78. The Hall–Kier alpha value is -0.410. The van der Waals surface area contributed by atoms with Crippen LogP contribution in [-0.2, 0) is 14.6 Å². The zero-order valence-electron chi connectivity index (χ0n) is 11.6. The molecule has 0 saturated carbocycles. The number of carbonyl (C=O) groups is 1. The first-order chi connectivity index (χ1) is 8.89. The van der Waals surface area contributed by atoms with E-state index < -0.39 is 0 Å². The molecule has 0 radical (unpaired) electrons. The summed E-state index contributed by atoms with van der Waals surface area (Å²) in [5.74, 6) is 0.441. The molecule has 0 unspecified atom stereocenters. The highest BCUT2D eigenvalue weighted by Gasteiger charge is 2.02. The van der Waals surface area contributed by atoms with Gasteiger partial charge >= 0.3 is 0 Å². The van der Waals surface area contributed by atoms with E-state index in [2.05, 4.69) is 0 Å². The molecule has 1 rings (SSSR count). The van der Waals surface area contributed by atoms with Crippen LogP contribution in [0.1, 0.15) is 77.0 Å². The van der Waals surface area contributed by atoms with Crippen LogP contribution in [0.25, 0.3) is 0 Å². The highest BCUT2D eigenvalue weighted by atomic mass is 17.2. The first-order valence-electron chi connectivity index (χ1n) is 7.66. The van der Waals surface area contributed by atoms with Gasteiger partial charge in [0.2, 0.25) is 0 Å². The third-order valence-corrected chi connectivity index (χ3v) is 3.45. The molecule has 1 aliphatic rings. The topological polar surface area (TPSA) is 35.5 Å². The molecule has 18 heavy (non-hydrogen) atoms. The van der Waals surface area contributed by atoms with E-state index in [1.165, 1.54) is 32.1 Å². The summed E-state index contributed by atoms with van der Waals surface area (Å²) < 4.78 is 0. The average Bonchev–Trinajstić information content (AvgIpc) is 2.37. The van der Waals surface area contributed by atoms with E-state index in [9.17, 15) is 4.79 Å². The van der Waals surface area contributed by atoms with Crippen molar-refractivity contribution in [1.82, 2.24) is 0 Å². The summed E-state index contributed by atoms with van der Waals surface area (Å²) in [5, 5.41) is 0. The molecule has 0 aromatic rings. The van der Waals surface area contributed by atoms with Crippen molar-refractivity contribution in [2.45, 2.75) is 77.0 Å². The monoisotopic (exact) mass is 256 g/mol. The van der Waals surface area contributed by atoms with Gasteiger partial charge in [-0.2, -0.15) is 0 Å². The first-order valence-corrected chi connectivity index (χ1v) is 7.66. The van der Waals surface area contributed by atoms with E-state index in [0.29, 0.717) is 12.4 Å². The predicted molar refractivity (Wildman–Crippen MR) is 72.3 cm³/mol. The van der Waals surface area contributed by atoms with Crippen LogP contribution in [0.5, 0.6) is 0 Å². The molecule has 3 nitrogen and oxygen atoms in total. The first kappa shape index (κ1) is 15.6. The van der Waals surface area contributed by atoms with Crippen LogP contribution in [0, 0.1) is 0 Å². The maximum Gasteiger partial charge on any atom is 0.132 e. The SMILES string of the molecule is O=C1CCCCCCCCCOOCCCCC1. The minimum Gasteiger partial charge on any atom is -0.300 e. The van der Waals surface area contributed by atoms with E-state index in [0.717, 1.165) is 51.6 Å². The second-order valence-electron chi connectivity index (χ2n) is 5.22. The smallest absolute Gasteiger partial charge is 0.132 e. The third-order valence-electron chi connectivity index (χ3n) is 3.45. The fourth-order valence-corrected chi connectivity index (χ4v) is 2.27. The van der Waals surface area contributed by atoms with Crippen molar-refractivity contribution in [2.24, 2.45) is 0 Å². The highest BCUT2D eigenvalue weighted by Crippen LogP contribution is 2.11. The molecule has 0 bridgehead atoms. The lowest BCUT2D eigenvalue weighted by Gasteiger charge is -2.03. The van der Waals surface area contributed by atoms with E-state index in [-0.39, 0.29) is 0 Å². The molecular weight excluding hydrogens is 228 g/mol. The zero-order chi connectivity index (χ0) is 12.9. The maximum absolute atomic E-state index is 11.6. The van der Waals surface area contributed by atoms with Crippen molar-refractivity contribution in [2.75, 3.05) is 13.2 Å². The van der Waals surface area contributed by atoms with E-state index in [1.807, 2.05) is 0 Å². The minimum absolute atomic E-state index is 0.441. The minimum atomic E-state index is 0.441. The van der Waals surface area contributed by atoms with Crippen molar-refractivity contribution in [3.8, 4) is 0 Å². The molecule has 1 aliphatic heterocycles. The van der Waals surface area contributed by atoms with Gasteiger partial charge in [0.25, 0.3) is 0 Å². The fraction of sp³-hybridized carbons (Fsp3) is 0.933. The third kappa shape index (κ3) is 9.60. The summed E-state index contributed by atoms with van der Waals surface area (Å²) in [6.07, 6.45) is 13.1. The van der Waals surface area contributed by atoms with E-state index in [1.54, 1.807) is 0 Å². The van der Waals surface area contributed by atoms with Crippen molar-refractivity contribution in [3.63, 3.8) is 0 Å². The Morgan fingerprint density at radius 3 is 1.50 bits per heavy atom. The van der Waals surface area contributed by atoms with Crippen LogP contribution >= 0.6 is 0 Å². The largest absolute Gasteiger partial charge is 0.300 e. The van der Waals surface area contributed by atoms with Crippen molar-refractivity contribution in [3.05, 3.63) is 0 Å². The second-order valence-corrected chi connectivity index (χ2v) is 5.22. The van der Waals surface area contributed by atoms with Crippen molar-refractivity contribution >= 4 is 5.78 Å². The van der Waals surface area contributed by atoms with Crippen LogP contribution in [0.3, 0.4) is 0 Å². The number of hydrogen-bond acceptors (Lipinski definition) is 3. The molecule has 0 aromatic heterocycles. The number of Topliss-reactive ketones (excluding diaryl/α,β-unsaturated/α-hetero) is 1. The zero-order valence-corrected chi connectivity index (χ0v) is 11.6. The number of ketones is 1. The Kier molecular flexibility index (Phi) is 10.1. The predicted octanol–water partition coefficient (Wildman–Crippen LogP) is 4.20. The summed E-state index contributed by atoms with van der Waals surface area (Å²) in [7, 11) is 0. The molecule has 1 fully saturated rings. The second kappa shape index (κ2) is 11.7. The molecule has 0 spiro atoms. The standard InChI is InChI=1S/C15H28O3/c16-15-11-7-4-2-1-3-5-9-13-17-18-14-10-6-8-12-15/h1-14H2. The van der Waals surface area contributed by atoms with Crippen molar-refractivity contribution < 1.29 is 14.6 Å². The van der Waals surface area contributed by atoms with Crippen LogP contribution in [0.15, 0.2) is 0 Å². The van der Waals surface area contributed by atoms with Gasteiger partial charge in [0.05, 0.1) is 13.2 Å². The van der Waals surface area contributed by atoms with Crippen LogP contribution in [-0.4, -0.2) is 19.0 Å². The molecule has 1 saturated heterocycles. The number of carbonyl (C=O) groups excluding carboxylic acids is 1. The Balaban J connectivity index is 2.11. The van der Waals surface area contributed by atoms with Gasteiger partial charge in [-0.25, -0.2) is 9.78 Å². The Morgan fingerprint density at radius 2 is 0.944 bits per heavy atom. The van der Waals surface area contributed by atoms with Gasteiger partial charge in [0, 0.05) is 12.8 Å². The lowest BCUT2D eigenvalue weighted by molar-refractivity contribution is -0.295. The molecule has 106 valence electrons. The lowest BCUT2D eigenvalue weighted by Crippen LogP contribution is -2.00. The van der Waals surface area contributed by atoms with Crippen LogP contribution < -0.4 is 0 Å². The molecule has 1 heterocycles. The Bertz CT molecular complexity index is 184. The summed E-state index contributed by atoms with van der Waals surface area (Å²) in [6.45, 7) is 1.38. The summed E-state index contributed by atoms with van der Waals surface area (Å²) >= 11 is 0. The molecule has 3 heteroatoms. The summed E-state index contributed by atoms with van der Waals surface area (Å²) in [5.41, 5.74) is 0. The van der Waals surface area contributed by atoms with Gasteiger partial charge in [0.1, 0.15) is 5.78 Å². The van der Waals surface area contributed by atoms with Gasteiger partial charge in [-0.15, -0.1) is 0 Å². The lowest BCUT2D eigenvalue weighted by atomic mass is 10.0. The maximum atomic E-state index is 11.6. The van der Waals surface area contributed by atoms with E-state index >= 15 is 0 Å². The molecule has 0 aliphatic carbocycles. The van der Waals surface area contributed by atoms with Gasteiger partial charge in [-0.05, 0) is 25.7 Å². The van der Waals surface area contributed by atoms with Gasteiger partial charge in [0.15, 0.2) is 0 Å². The Labute approximate surface area is 111 Å². The molecule has 0 atom stereocenters. The molecule has 0 N–H and O–H groups in total. The average molecular weight is 256 g/mol. The molecule has 0 aromatic carbocycles. The van der Waals surface area contributed by atoms with Gasteiger partial charge in [-0.3, -0.25) is 4.79 Å². The van der Waals surface area contributed by atoms with Gasteiger partial charge < -0.3 is 0 Å². The van der Waals surface area contributed by atoms with Crippen LogP contribution in [0.2, 0.25) is 0 Å². The van der Waals surface area contributed by atoms with Crippen LogP contribution in [0.4, 0.5) is 0 Å².